The maximum Gasteiger partial charge on any atom is 0.338 e. The lowest BCUT2D eigenvalue weighted by molar-refractivity contribution is -0.133. The number of aryl methyl sites for hydroxylation is 2. The summed E-state index contributed by atoms with van der Waals surface area (Å²) in [6.07, 6.45) is 1.71. The predicted octanol–water partition coefficient (Wildman–Crippen LogP) is 4.16. The minimum absolute atomic E-state index is 0.247. The van der Waals surface area contributed by atoms with Gasteiger partial charge >= 0.3 is 11.9 Å². The molecule has 1 N–H and O–H groups in total. The van der Waals surface area contributed by atoms with Crippen molar-refractivity contribution in [2.24, 2.45) is 0 Å². The Morgan fingerprint density at radius 3 is 2.38 bits per heavy atom. The van der Waals surface area contributed by atoms with E-state index in [1.54, 1.807) is 39.0 Å². The molecule has 2 aromatic rings. The van der Waals surface area contributed by atoms with Crippen molar-refractivity contribution in [3.05, 3.63) is 70.3 Å². The Morgan fingerprint density at radius 1 is 1.08 bits per heavy atom. The lowest BCUT2D eigenvalue weighted by atomic mass is 10.00. The Hall–Kier alpha value is -3.08. The summed E-state index contributed by atoms with van der Waals surface area (Å²) in [5, 5.41) is 9.20. The fourth-order valence-corrected chi connectivity index (χ4v) is 2.73. The van der Waals surface area contributed by atoms with Gasteiger partial charge in [0, 0.05) is 0 Å². The zero-order chi connectivity index (χ0) is 19.3. The second kappa shape index (κ2) is 8.34. The highest BCUT2D eigenvalue weighted by Gasteiger charge is 2.16. The van der Waals surface area contributed by atoms with Gasteiger partial charge in [-0.25, -0.2) is 9.59 Å². The molecule has 0 saturated carbocycles. The van der Waals surface area contributed by atoms with E-state index >= 15 is 0 Å². The van der Waals surface area contributed by atoms with E-state index < -0.39 is 11.9 Å². The van der Waals surface area contributed by atoms with Crippen LogP contribution in [0.4, 0.5) is 0 Å². The van der Waals surface area contributed by atoms with Crippen LogP contribution in [0.25, 0.3) is 5.57 Å². The molecule has 0 aliphatic carbocycles. The van der Waals surface area contributed by atoms with Crippen LogP contribution < -0.4 is 4.74 Å². The van der Waals surface area contributed by atoms with Crippen molar-refractivity contribution in [1.82, 2.24) is 0 Å². The van der Waals surface area contributed by atoms with E-state index in [2.05, 4.69) is 0 Å². The van der Waals surface area contributed by atoms with Crippen molar-refractivity contribution < 1.29 is 24.2 Å². The van der Waals surface area contributed by atoms with Gasteiger partial charge in [-0.3, -0.25) is 0 Å². The van der Waals surface area contributed by atoms with Gasteiger partial charge in [0.1, 0.15) is 12.4 Å². The minimum Gasteiger partial charge on any atom is -0.489 e. The number of allylic oxidation sites excluding steroid dienone is 1. The number of methoxy groups -OCH3 is 1. The first-order valence-electron chi connectivity index (χ1n) is 8.19. The third-order valence-electron chi connectivity index (χ3n) is 4.14. The molecule has 0 bridgehead atoms. The molecule has 0 heterocycles. The highest BCUT2D eigenvalue weighted by atomic mass is 16.5. The smallest absolute Gasteiger partial charge is 0.338 e. The highest BCUT2D eigenvalue weighted by molar-refractivity contribution is 6.16. The molecular weight excluding hydrogens is 332 g/mol. The first-order chi connectivity index (χ1) is 12.4. The molecule has 0 unspecified atom stereocenters. The van der Waals surface area contributed by atoms with Crippen molar-refractivity contribution in [2.45, 2.75) is 27.4 Å². The molecule has 2 rings (SSSR count). The van der Waals surface area contributed by atoms with Crippen LogP contribution >= 0.6 is 0 Å². The Morgan fingerprint density at radius 2 is 1.77 bits per heavy atom. The molecule has 0 radical (unpaired) electrons. The van der Waals surface area contributed by atoms with Crippen LogP contribution in [0.5, 0.6) is 5.75 Å². The Balaban J connectivity index is 2.30. The number of benzene rings is 2. The van der Waals surface area contributed by atoms with Gasteiger partial charge in [0.15, 0.2) is 0 Å². The molecule has 0 aliphatic rings. The lowest BCUT2D eigenvalue weighted by Gasteiger charge is -2.15. The van der Waals surface area contributed by atoms with E-state index in [4.69, 9.17) is 9.47 Å². The second-order valence-corrected chi connectivity index (χ2v) is 5.88. The van der Waals surface area contributed by atoms with Gasteiger partial charge in [-0.2, -0.15) is 0 Å². The lowest BCUT2D eigenvalue weighted by Crippen LogP contribution is -2.08. The monoisotopic (exact) mass is 354 g/mol. The van der Waals surface area contributed by atoms with Gasteiger partial charge in [0.05, 0.1) is 18.2 Å². The quantitative estimate of drug-likeness (QED) is 0.623. The third-order valence-corrected chi connectivity index (χ3v) is 4.14. The number of rotatable bonds is 6. The highest BCUT2D eigenvalue weighted by Crippen LogP contribution is 2.26. The fourth-order valence-electron chi connectivity index (χ4n) is 2.73. The van der Waals surface area contributed by atoms with Gasteiger partial charge in [-0.05, 0) is 55.2 Å². The zero-order valence-electron chi connectivity index (χ0n) is 15.3. The van der Waals surface area contributed by atoms with Gasteiger partial charge in [0.2, 0.25) is 0 Å². The topological polar surface area (TPSA) is 72.8 Å². The molecule has 0 spiro atoms. The summed E-state index contributed by atoms with van der Waals surface area (Å²) in [5.74, 6) is -0.751. The standard InChI is InChI=1S/C21H22O5/c1-5-16(21(24)25-4)17-9-7-6-8-15(17)12-26-19-11-13(2)18(20(22)23)10-14(19)3/h5-11H,12H2,1-4H3,(H,22,23)/b16-5+. The van der Waals surface area contributed by atoms with Gasteiger partial charge in [-0.1, -0.05) is 30.3 Å². The number of ether oxygens (including phenoxy) is 2. The predicted molar refractivity (Wildman–Crippen MR) is 99.3 cm³/mol. The van der Waals surface area contributed by atoms with Crippen LogP contribution in [0.15, 0.2) is 42.5 Å². The summed E-state index contributed by atoms with van der Waals surface area (Å²) < 4.78 is 10.8. The van der Waals surface area contributed by atoms with Crippen molar-refractivity contribution >= 4 is 17.5 Å². The molecule has 5 nitrogen and oxygen atoms in total. The van der Waals surface area contributed by atoms with Crippen molar-refractivity contribution in [3.63, 3.8) is 0 Å². The van der Waals surface area contributed by atoms with E-state index in [1.165, 1.54) is 7.11 Å². The summed E-state index contributed by atoms with van der Waals surface area (Å²) in [6.45, 7) is 5.57. The summed E-state index contributed by atoms with van der Waals surface area (Å²) in [4.78, 5) is 23.2. The van der Waals surface area contributed by atoms with Crippen molar-refractivity contribution in [1.29, 1.82) is 0 Å². The number of carboxylic acid groups (broad SMARTS) is 1. The normalized spacial score (nSPS) is 11.2. The number of hydrogen-bond acceptors (Lipinski definition) is 4. The largest absolute Gasteiger partial charge is 0.489 e. The second-order valence-electron chi connectivity index (χ2n) is 5.88. The van der Waals surface area contributed by atoms with Crippen LogP contribution in [0.2, 0.25) is 0 Å². The first kappa shape index (κ1) is 19.2. The molecule has 26 heavy (non-hydrogen) atoms. The van der Waals surface area contributed by atoms with Gasteiger partial charge < -0.3 is 14.6 Å². The van der Waals surface area contributed by atoms with E-state index in [0.29, 0.717) is 16.9 Å². The fraction of sp³-hybridized carbons (Fsp3) is 0.238. The SMILES string of the molecule is C/C=C(/C(=O)OC)c1ccccc1COc1cc(C)c(C(=O)O)cc1C. The van der Waals surface area contributed by atoms with Crippen molar-refractivity contribution in [3.8, 4) is 5.75 Å². The van der Waals surface area contributed by atoms with Crippen molar-refractivity contribution in [2.75, 3.05) is 7.11 Å². The number of carbonyl (C=O) groups is 2. The summed E-state index contributed by atoms with van der Waals surface area (Å²) >= 11 is 0. The minimum atomic E-state index is -0.960. The molecule has 0 atom stereocenters. The molecule has 2 aromatic carbocycles. The number of hydrogen-bond donors (Lipinski definition) is 1. The molecule has 0 amide bonds. The average molecular weight is 354 g/mol. The average Bonchev–Trinajstić information content (AvgIpc) is 2.63. The molecular formula is C21H22O5. The molecule has 136 valence electrons. The van der Waals surface area contributed by atoms with E-state index in [-0.39, 0.29) is 12.2 Å². The summed E-state index contributed by atoms with van der Waals surface area (Å²) in [5.41, 5.74) is 3.70. The van der Waals surface area contributed by atoms with E-state index in [0.717, 1.165) is 16.7 Å². The number of esters is 1. The summed E-state index contributed by atoms with van der Waals surface area (Å²) in [6, 6.07) is 10.8. The van der Waals surface area contributed by atoms with Crippen LogP contribution in [0.3, 0.4) is 0 Å². The van der Waals surface area contributed by atoms with Crippen LogP contribution in [-0.4, -0.2) is 24.2 Å². The maximum atomic E-state index is 12.0. The van der Waals surface area contributed by atoms with Crippen LogP contribution in [0, 0.1) is 13.8 Å². The maximum absolute atomic E-state index is 12.0. The Kier molecular flexibility index (Phi) is 6.17. The molecule has 5 heteroatoms. The number of carboxylic acids is 1. The summed E-state index contributed by atoms with van der Waals surface area (Å²) in [7, 11) is 1.35. The van der Waals surface area contributed by atoms with Crippen LogP contribution in [-0.2, 0) is 16.1 Å². The Bertz CT molecular complexity index is 865. The zero-order valence-corrected chi connectivity index (χ0v) is 15.3. The van der Waals surface area contributed by atoms with E-state index in [9.17, 15) is 14.7 Å². The van der Waals surface area contributed by atoms with Crippen LogP contribution in [0.1, 0.15) is 39.5 Å². The number of aromatic carboxylic acids is 1. The Labute approximate surface area is 152 Å². The first-order valence-corrected chi connectivity index (χ1v) is 8.19. The van der Waals surface area contributed by atoms with Gasteiger partial charge in [0.25, 0.3) is 0 Å². The molecule has 0 saturated heterocycles. The third kappa shape index (κ3) is 4.11. The van der Waals surface area contributed by atoms with Gasteiger partial charge in [-0.15, -0.1) is 0 Å². The molecule has 0 aliphatic heterocycles. The number of carbonyl (C=O) groups excluding carboxylic acids is 1. The molecule has 0 aromatic heterocycles. The van der Waals surface area contributed by atoms with E-state index in [1.807, 2.05) is 24.3 Å². The molecule has 0 fully saturated rings.